The summed E-state index contributed by atoms with van der Waals surface area (Å²) in [4.78, 5) is 27.7. The van der Waals surface area contributed by atoms with Crippen molar-refractivity contribution in [3.8, 4) is 11.4 Å². The molecule has 0 saturated heterocycles. The fraction of sp³-hybridized carbons (Fsp3) is 0.211. The number of aromatic nitrogens is 2. The Balaban J connectivity index is 1.72. The maximum atomic E-state index is 11.8. The van der Waals surface area contributed by atoms with Crippen LogP contribution < -0.4 is 10.6 Å². The maximum absolute atomic E-state index is 11.8. The normalized spacial score (nSPS) is 10.6. The van der Waals surface area contributed by atoms with Gasteiger partial charge in [0.1, 0.15) is 5.82 Å². The van der Waals surface area contributed by atoms with Crippen molar-refractivity contribution in [2.24, 2.45) is 7.05 Å². The molecule has 2 N–H and O–H groups in total. The van der Waals surface area contributed by atoms with Gasteiger partial charge in [-0.05, 0) is 36.4 Å². The minimum atomic E-state index is -0.253. The molecular weight excluding hydrogens is 316 g/mol. The average molecular weight is 336 g/mol. The van der Waals surface area contributed by atoms with E-state index in [0.717, 1.165) is 22.4 Å². The van der Waals surface area contributed by atoms with Gasteiger partial charge in [-0.2, -0.15) is 0 Å². The summed E-state index contributed by atoms with van der Waals surface area (Å²) in [5.74, 6) is 0.471. The van der Waals surface area contributed by atoms with Crippen LogP contribution in [-0.2, 0) is 16.6 Å². The Kier molecular flexibility index (Phi) is 4.79. The third-order valence-corrected chi connectivity index (χ3v) is 3.98. The van der Waals surface area contributed by atoms with Crippen molar-refractivity contribution >= 4 is 28.5 Å². The van der Waals surface area contributed by atoms with Crippen LogP contribution >= 0.6 is 0 Å². The van der Waals surface area contributed by atoms with E-state index in [1.807, 2.05) is 60.1 Å². The summed E-state index contributed by atoms with van der Waals surface area (Å²) in [6, 6.07) is 15.5. The minimum Gasteiger partial charge on any atom is -0.347 e. The molecule has 2 amide bonds. The van der Waals surface area contributed by atoms with Crippen molar-refractivity contribution in [2.75, 3.05) is 11.9 Å². The van der Waals surface area contributed by atoms with Crippen LogP contribution in [0.15, 0.2) is 48.5 Å². The zero-order valence-electron chi connectivity index (χ0n) is 14.2. The fourth-order valence-corrected chi connectivity index (χ4v) is 2.62. The molecule has 0 fully saturated rings. The van der Waals surface area contributed by atoms with Crippen molar-refractivity contribution in [3.05, 3.63) is 48.5 Å². The van der Waals surface area contributed by atoms with E-state index in [-0.39, 0.29) is 18.4 Å². The largest absolute Gasteiger partial charge is 0.347 e. The number of amides is 2. The van der Waals surface area contributed by atoms with Crippen LogP contribution in [-0.4, -0.2) is 27.9 Å². The van der Waals surface area contributed by atoms with Gasteiger partial charge in [-0.1, -0.05) is 19.1 Å². The molecule has 6 heteroatoms. The van der Waals surface area contributed by atoms with E-state index in [1.165, 1.54) is 0 Å². The van der Waals surface area contributed by atoms with Gasteiger partial charge in [0.05, 0.1) is 17.6 Å². The summed E-state index contributed by atoms with van der Waals surface area (Å²) < 4.78 is 2.04. The summed E-state index contributed by atoms with van der Waals surface area (Å²) in [5.41, 5.74) is 3.67. The Morgan fingerprint density at radius 1 is 1.04 bits per heavy atom. The first-order valence-corrected chi connectivity index (χ1v) is 8.17. The Morgan fingerprint density at radius 2 is 1.76 bits per heavy atom. The topological polar surface area (TPSA) is 76.0 Å². The predicted molar refractivity (Wildman–Crippen MR) is 98.1 cm³/mol. The quantitative estimate of drug-likeness (QED) is 0.752. The van der Waals surface area contributed by atoms with Crippen molar-refractivity contribution in [1.29, 1.82) is 0 Å². The van der Waals surface area contributed by atoms with E-state index in [4.69, 9.17) is 0 Å². The molecule has 1 heterocycles. The molecule has 0 saturated carbocycles. The molecule has 2 aromatic carbocycles. The van der Waals surface area contributed by atoms with Gasteiger partial charge in [0.2, 0.25) is 11.8 Å². The van der Waals surface area contributed by atoms with Crippen molar-refractivity contribution in [2.45, 2.75) is 13.3 Å². The number of nitrogens with zero attached hydrogens (tertiary/aromatic N) is 2. The molecule has 6 nitrogen and oxygen atoms in total. The molecule has 1 aromatic heterocycles. The molecule has 3 rings (SSSR count). The van der Waals surface area contributed by atoms with Gasteiger partial charge in [-0.15, -0.1) is 0 Å². The van der Waals surface area contributed by atoms with Crippen LogP contribution in [0.2, 0.25) is 0 Å². The predicted octanol–water partition coefficient (Wildman–Crippen LogP) is 2.71. The Hall–Kier alpha value is -3.15. The van der Waals surface area contributed by atoms with Crippen LogP contribution in [0.4, 0.5) is 5.69 Å². The highest BCUT2D eigenvalue weighted by atomic mass is 16.2. The molecule has 0 aliphatic rings. The molecule has 0 atom stereocenters. The lowest BCUT2D eigenvalue weighted by molar-refractivity contribution is -0.123. The third-order valence-electron chi connectivity index (χ3n) is 3.98. The molecule has 0 radical (unpaired) electrons. The number of nitrogens with one attached hydrogen (secondary N) is 2. The number of hydrogen-bond acceptors (Lipinski definition) is 3. The summed E-state index contributed by atoms with van der Waals surface area (Å²) in [5, 5.41) is 5.31. The highest BCUT2D eigenvalue weighted by Crippen LogP contribution is 2.24. The van der Waals surface area contributed by atoms with Crippen LogP contribution in [0.3, 0.4) is 0 Å². The number of fused-ring (bicyclic) bond motifs is 1. The second kappa shape index (κ2) is 7.17. The highest BCUT2D eigenvalue weighted by Gasteiger charge is 2.10. The van der Waals surface area contributed by atoms with E-state index in [2.05, 4.69) is 15.6 Å². The molecule has 0 unspecified atom stereocenters. The van der Waals surface area contributed by atoms with Gasteiger partial charge in [-0.3, -0.25) is 9.59 Å². The fourth-order valence-electron chi connectivity index (χ4n) is 2.62. The number of carbonyl (C=O) groups excluding carboxylic acids is 2. The number of anilines is 1. The lowest BCUT2D eigenvalue weighted by atomic mass is 10.2. The van der Waals surface area contributed by atoms with Gasteiger partial charge in [-0.25, -0.2) is 4.98 Å². The molecule has 0 aliphatic carbocycles. The molecule has 3 aromatic rings. The van der Waals surface area contributed by atoms with Gasteiger partial charge in [0.15, 0.2) is 0 Å². The van der Waals surface area contributed by atoms with Crippen molar-refractivity contribution in [3.63, 3.8) is 0 Å². The SMILES string of the molecule is CCC(=O)NCC(=O)Nc1ccc(-c2nc3ccccc3n2C)cc1. The Bertz CT molecular complexity index is 913. The monoisotopic (exact) mass is 336 g/mol. The van der Waals surface area contributed by atoms with Gasteiger partial charge < -0.3 is 15.2 Å². The molecule has 0 aliphatic heterocycles. The third kappa shape index (κ3) is 3.68. The van der Waals surface area contributed by atoms with Crippen LogP contribution in [0.5, 0.6) is 0 Å². The average Bonchev–Trinajstić information content (AvgIpc) is 2.97. The molecule has 0 bridgehead atoms. The first kappa shape index (κ1) is 16.7. The number of rotatable bonds is 5. The molecule has 128 valence electrons. The van der Waals surface area contributed by atoms with E-state index < -0.39 is 0 Å². The molecule has 25 heavy (non-hydrogen) atoms. The summed E-state index contributed by atoms with van der Waals surface area (Å²) in [6.45, 7) is 1.71. The van der Waals surface area contributed by atoms with Crippen LogP contribution in [0.1, 0.15) is 13.3 Å². The number of imidazole rings is 1. The first-order valence-electron chi connectivity index (χ1n) is 8.17. The van der Waals surface area contributed by atoms with Crippen molar-refractivity contribution < 1.29 is 9.59 Å². The summed E-state index contributed by atoms with van der Waals surface area (Å²) in [6.07, 6.45) is 0.361. The summed E-state index contributed by atoms with van der Waals surface area (Å²) >= 11 is 0. The van der Waals surface area contributed by atoms with Crippen LogP contribution in [0.25, 0.3) is 22.4 Å². The van der Waals surface area contributed by atoms with Gasteiger partial charge in [0, 0.05) is 24.7 Å². The number of benzene rings is 2. The molecule has 0 spiro atoms. The number of aryl methyl sites for hydroxylation is 1. The van der Waals surface area contributed by atoms with Gasteiger partial charge >= 0.3 is 0 Å². The van der Waals surface area contributed by atoms with E-state index in [1.54, 1.807) is 6.92 Å². The first-order chi connectivity index (χ1) is 12.1. The minimum absolute atomic E-state index is 0.0286. The second-order valence-electron chi connectivity index (χ2n) is 5.74. The highest BCUT2D eigenvalue weighted by molar-refractivity contribution is 5.94. The standard InChI is InChI=1S/C19H20N4O2/c1-3-17(24)20-12-18(25)21-14-10-8-13(9-11-14)19-22-15-6-4-5-7-16(15)23(19)2/h4-11H,3,12H2,1-2H3,(H,20,24)(H,21,25). The Morgan fingerprint density at radius 3 is 2.44 bits per heavy atom. The van der Waals surface area contributed by atoms with E-state index in [0.29, 0.717) is 12.1 Å². The van der Waals surface area contributed by atoms with Gasteiger partial charge in [0.25, 0.3) is 0 Å². The Labute approximate surface area is 145 Å². The van der Waals surface area contributed by atoms with E-state index >= 15 is 0 Å². The zero-order chi connectivity index (χ0) is 17.8. The van der Waals surface area contributed by atoms with Crippen LogP contribution in [0, 0.1) is 0 Å². The number of hydrogen-bond donors (Lipinski definition) is 2. The zero-order valence-corrected chi connectivity index (χ0v) is 14.2. The smallest absolute Gasteiger partial charge is 0.243 e. The maximum Gasteiger partial charge on any atom is 0.243 e. The lowest BCUT2D eigenvalue weighted by Crippen LogP contribution is -2.32. The number of para-hydroxylation sites is 2. The molecular formula is C19H20N4O2. The van der Waals surface area contributed by atoms with Crippen molar-refractivity contribution in [1.82, 2.24) is 14.9 Å². The second-order valence-corrected chi connectivity index (χ2v) is 5.74. The summed E-state index contributed by atoms with van der Waals surface area (Å²) in [7, 11) is 1.98. The lowest BCUT2D eigenvalue weighted by Gasteiger charge is -2.07. The number of carbonyl (C=O) groups is 2. The van der Waals surface area contributed by atoms with E-state index in [9.17, 15) is 9.59 Å².